The number of rotatable bonds is 8. The highest BCUT2D eigenvalue weighted by Gasteiger charge is 2.60. The topological polar surface area (TPSA) is 72.8 Å². The number of carbonyl (C=O) groups excluding carboxylic acids is 1. The van der Waals surface area contributed by atoms with E-state index in [-0.39, 0.29) is 23.6 Å². The van der Waals surface area contributed by atoms with Crippen molar-refractivity contribution in [2.45, 2.75) is 89.8 Å². The molecule has 0 aromatic heterocycles. The summed E-state index contributed by atoms with van der Waals surface area (Å²) in [6.07, 6.45) is 7.47. The molecule has 4 bridgehead atoms. The Bertz CT molecular complexity index is 524. The number of carboxylic acids is 1. The van der Waals surface area contributed by atoms with Crippen molar-refractivity contribution in [1.29, 1.82) is 0 Å². The third-order valence-electron chi connectivity index (χ3n) is 6.64. The van der Waals surface area contributed by atoms with Crippen molar-refractivity contribution in [3.8, 4) is 0 Å². The van der Waals surface area contributed by atoms with Gasteiger partial charge in [-0.1, -0.05) is 6.92 Å². The van der Waals surface area contributed by atoms with Gasteiger partial charge >= 0.3 is 11.9 Å². The number of carboxylic acid groups (broad SMARTS) is 1. The predicted octanol–water partition coefficient (Wildman–Crippen LogP) is 3.94. The van der Waals surface area contributed by atoms with Crippen LogP contribution in [-0.2, 0) is 19.1 Å². The van der Waals surface area contributed by atoms with Crippen molar-refractivity contribution in [2.75, 3.05) is 6.61 Å². The van der Waals surface area contributed by atoms with Crippen LogP contribution in [0.5, 0.6) is 0 Å². The molecule has 142 valence electrons. The first-order valence-corrected chi connectivity index (χ1v) is 9.77. The maximum atomic E-state index is 12.7. The van der Waals surface area contributed by atoms with Gasteiger partial charge in [-0.3, -0.25) is 9.59 Å². The van der Waals surface area contributed by atoms with Gasteiger partial charge in [0.15, 0.2) is 0 Å². The van der Waals surface area contributed by atoms with Crippen molar-refractivity contribution in [2.24, 2.45) is 17.3 Å². The molecule has 4 fully saturated rings. The first-order chi connectivity index (χ1) is 11.7. The van der Waals surface area contributed by atoms with Crippen molar-refractivity contribution in [3.05, 3.63) is 0 Å². The summed E-state index contributed by atoms with van der Waals surface area (Å²) < 4.78 is 12.4. The molecule has 4 aliphatic rings. The zero-order valence-corrected chi connectivity index (χ0v) is 15.8. The molecule has 4 saturated carbocycles. The summed E-state index contributed by atoms with van der Waals surface area (Å²) in [6, 6.07) is 0. The fraction of sp³-hybridized carbons (Fsp3) is 0.900. The largest absolute Gasteiger partial charge is 0.481 e. The number of hydrogen-bond acceptors (Lipinski definition) is 4. The van der Waals surface area contributed by atoms with E-state index in [0.717, 1.165) is 38.5 Å². The lowest BCUT2D eigenvalue weighted by atomic mass is 9.52. The first kappa shape index (κ1) is 18.7. The SMILES string of the molecule is CCC(C)(C)C(=O)OC12CC3CC(CC(OCCCC(=O)O)(C3)C1)C2. The predicted molar refractivity (Wildman–Crippen MR) is 93.1 cm³/mol. The van der Waals surface area contributed by atoms with Crippen LogP contribution in [0.3, 0.4) is 0 Å². The Morgan fingerprint density at radius 2 is 1.72 bits per heavy atom. The van der Waals surface area contributed by atoms with Crippen LogP contribution < -0.4 is 0 Å². The highest BCUT2D eigenvalue weighted by molar-refractivity contribution is 5.76. The van der Waals surface area contributed by atoms with Crippen LogP contribution in [0.4, 0.5) is 0 Å². The standard InChI is InChI=1S/C20H32O5/c1-4-18(2,3)17(23)25-20-11-14-8-15(12-20)10-19(9-14,13-20)24-7-5-6-16(21)22/h14-15H,4-13H2,1-3H3,(H,21,22). The molecule has 0 amide bonds. The van der Waals surface area contributed by atoms with E-state index in [2.05, 4.69) is 0 Å². The van der Waals surface area contributed by atoms with E-state index in [1.165, 1.54) is 6.42 Å². The van der Waals surface area contributed by atoms with Crippen molar-refractivity contribution in [3.63, 3.8) is 0 Å². The summed E-state index contributed by atoms with van der Waals surface area (Å²) in [6.45, 7) is 6.41. The summed E-state index contributed by atoms with van der Waals surface area (Å²) in [5.74, 6) is 0.274. The molecule has 0 aliphatic heterocycles. The van der Waals surface area contributed by atoms with Crippen LogP contribution >= 0.6 is 0 Å². The second kappa shape index (κ2) is 6.57. The van der Waals surface area contributed by atoms with Gasteiger partial charge in [0.25, 0.3) is 0 Å². The highest BCUT2D eigenvalue weighted by Crippen LogP contribution is 2.60. The Labute approximate surface area is 150 Å². The molecule has 0 radical (unpaired) electrons. The fourth-order valence-corrected chi connectivity index (χ4v) is 5.38. The number of hydrogen-bond donors (Lipinski definition) is 1. The van der Waals surface area contributed by atoms with Gasteiger partial charge in [-0.2, -0.15) is 0 Å². The molecule has 0 heterocycles. The van der Waals surface area contributed by atoms with Gasteiger partial charge in [-0.15, -0.1) is 0 Å². The molecular formula is C20H32O5. The van der Waals surface area contributed by atoms with Gasteiger partial charge in [0.1, 0.15) is 5.60 Å². The summed E-state index contributed by atoms with van der Waals surface area (Å²) >= 11 is 0. The molecular weight excluding hydrogens is 320 g/mol. The Morgan fingerprint density at radius 1 is 1.12 bits per heavy atom. The van der Waals surface area contributed by atoms with Crippen LogP contribution in [0.25, 0.3) is 0 Å². The van der Waals surface area contributed by atoms with Crippen LogP contribution in [0.15, 0.2) is 0 Å². The van der Waals surface area contributed by atoms with Gasteiger partial charge < -0.3 is 14.6 Å². The second-order valence-corrected chi connectivity index (χ2v) is 9.30. The van der Waals surface area contributed by atoms with E-state index in [4.69, 9.17) is 14.6 Å². The van der Waals surface area contributed by atoms with Crippen molar-refractivity contribution in [1.82, 2.24) is 0 Å². The van der Waals surface area contributed by atoms with Crippen LogP contribution in [0.1, 0.15) is 78.6 Å². The molecule has 5 nitrogen and oxygen atoms in total. The molecule has 1 N–H and O–H groups in total. The van der Waals surface area contributed by atoms with Gasteiger partial charge in [0.2, 0.25) is 0 Å². The minimum atomic E-state index is -0.777. The van der Waals surface area contributed by atoms with Crippen LogP contribution in [-0.4, -0.2) is 34.9 Å². The molecule has 4 aliphatic carbocycles. The average Bonchev–Trinajstić information content (AvgIpc) is 2.49. The van der Waals surface area contributed by atoms with Crippen molar-refractivity contribution < 1.29 is 24.2 Å². The molecule has 2 atom stereocenters. The lowest BCUT2D eigenvalue weighted by Gasteiger charge is -2.61. The van der Waals surface area contributed by atoms with E-state index in [1.807, 2.05) is 20.8 Å². The lowest BCUT2D eigenvalue weighted by Crippen LogP contribution is -2.62. The monoisotopic (exact) mass is 352 g/mol. The lowest BCUT2D eigenvalue weighted by molar-refractivity contribution is -0.238. The smallest absolute Gasteiger partial charge is 0.312 e. The Morgan fingerprint density at radius 3 is 2.28 bits per heavy atom. The molecule has 5 heteroatoms. The minimum absolute atomic E-state index is 0.0852. The van der Waals surface area contributed by atoms with Crippen molar-refractivity contribution >= 4 is 11.9 Å². The first-order valence-electron chi connectivity index (χ1n) is 9.77. The zero-order valence-electron chi connectivity index (χ0n) is 15.8. The average molecular weight is 352 g/mol. The summed E-state index contributed by atoms with van der Waals surface area (Å²) in [7, 11) is 0. The molecule has 4 rings (SSSR count). The van der Waals surface area contributed by atoms with E-state index in [9.17, 15) is 9.59 Å². The third-order valence-corrected chi connectivity index (χ3v) is 6.64. The maximum absolute atomic E-state index is 12.7. The third kappa shape index (κ3) is 3.86. The maximum Gasteiger partial charge on any atom is 0.312 e. The fourth-order valence-electron chi connectivity index (χ4n) is 5.38. The molecule has 25 heavy (non-hydrogen) atoms. The Kier molecular flexibility index (Phi) is 4.91. The van der Waals surface area contributed by atoms with Gasteiger partial charge in [-0.25, -0.2) is 0 Å². The van der Waals surface area contributed by atoms with Gasteiger partial charge in [0, 0.05) is 19.4 Å². The number of carbonyl (C=O) groups is 2. The number of aliphatic carboxylic acids is 1. The second-order valence-electron chi connectivity index (χ2n) is 9.30. The molecule has 2 unspecified atom stereocenters. The molecule has 0 spiro atoms. The summed E-state index contributed by atoms with van der Waals surface area (Å²) in [4.78, 5) is 23.4. The zero-order chi connectivity index (χ0) is 18.3. The Balaban J connectivity index is 1.68. The highest BCUT2D eigenvalue weighted by atomic mass is 16.6. The molecule has 0 aromatic carbocycles. The summed E-state index contributed by atoms with van der Waals surface area (Å²) in [5, 5.41) is 8.80. The quantitative estimate of drug-likeness (QED) is 0.529. The van der Waals surface area contributed by atoms with Gasteiger partial charge in [0.05, 0.1) is 11.0 Å². The normalized spacial score (nSPS) is 36.4. The number of ether oxygens (including phenoxy) is 2. The minimum Gasteiger partial charge on any atom is -0.481 e. The number of esters is 1. The molecule has 0 saturated heterocycles. The van der Waals surface area contributed by atoms with E-state index < -0.39 is 11.4 Å². The Hall–Kier alpha value is -1.10. The van der Waals surface area contributed by atoms with E-state index in [0.29, 0.717) is 24.9 Å². The summed E-state index contributed by atoms with van der Waals surface area (Å²) in [5.41, 5.74) is -1.02. The van der Waals surface area contributed by atoms with Crippen LogP contribution in [0, 0.1) is 17.3 Å². The van der Waals surface area contributed by atoms with E-state index in [1.54, 1.807) is 0 Å². The van der Waals surface area contributed by atoms with Crippen LogP contribution in [0.2, 0.25) is 0 Å². The van der Waals surface area contributed by atoms with Gasteiger partial charge in [-0.05, 0) is 70.6 Å². The van der Waals surface area contributed by atoms with E-state index >= 15 is 0 Å². The molecule has 0 aromatic rings.